The molecule has 4 heteroatoms. The molecule has 18 heavy (non-hydrogen) atoms. The first-order valence-electron chi connectivity index (χ1n) is 5.76. The number of carboxylic acid groups (broad SMARTS) is 1. The minimum atomic E-state index is -0.807. The first-order chi connectivity index (χ1) is 8.20. The minimum absolute atomic E-state index is 0.0691. The molecule has 0 fully saturated rings. The fourth-order valence-electron chi connectivity index (χ4n) is 2.43. The molecule has 0 aliphatic carbocycles. The molecule has 0 saturated carbocycles. The van der Waals surface area contributed by atoms with Gasteiger partial charge in [0, 0.05) is 11.0 Å². The van der Waals surface area contributed by atoms with Crippen LogP contribution in [0.3, 0.4) is 0 Å². The van der Waals surface area contributed by atoms with Crippen molar-refractivity contribution >= 4 is 21.9 Å². The molecule has 100 valence electrons. The molecule has 0 heterocycles. The lowest BCUT2D eigenvalue weighted by Gasteiger charge is -2.28. The van der Waals surface area contributed by atoms with Crippen LogP contribution in [0.15, 0.2) is 10.5 Å². The largest absolute Gasteiger partial charge is 0.495 e. The number of methoxy groups -OCH3 is 1. The third kappa shape index (κ3) is 2.86. The molecule has 0 amide bonds. The van der Waals surface area contributed by atoms with Crippen LogP contribution in [0.1, 0.15) is 37.0 Å². The number of rotatable bonds is 4. The molecule has 0 unspecified atom stereocenters. The predicted molar refractivity (Wildman–Crippen MR) is 75.4 cm³/mol. The number of aryl methyl sites for hydroxylation is 2. The number of carboxylic acids is 1. The highest BCUT2D eigenvalue weighted by molar-refractivity contribution is 9.10. The van der Waals surface area contributed by atoms with Crippen molar-refractivity contribution in [2.45, 2.75) is 39.5 Å². The summed E-state index contributed by atoms with van der Waals surface area (Å²) in [6, 6.07) is 2.05. The van der Waals surface area contributed by atoms with E-state index < -0.39 is 11.4 Å². The van der Waals surface area contributed by atoms with Crippen molar-refractivity contribution in [3.05, 3.63) is 27.2 Å². The maximum atomic E-state index is 11.0. The molecule has 0 radical (unpaired) electrons. The van der Waals surface area contributed by atoms with Crippen molar-refractivity contribution in [1.29, 1.82) is 0 Å². The SMILES string of the molecule is COc1c(Br)c(C)cc(C)c1C(C)(C)CC(=O)O. The van der Waals surface area contributed by atoms with Gasteiger partial charge in [-0.25, -0.2) is 0 Å². The molecule has 1 rings (SSSR count). The Balaban J connectivity index is 3.48. The van der Waals surface area contributed by atoms with E-state index in [9.17, 15) is 4.79 Å². The van der Waals surface area contributed by atoms with Crippen molar-refractivity contribution in [1.82, 2.24) is 0 Å². The lowest BCUT2D eigenvalue weighted by molar-refractivity contribution is -0.138. The number of halogens is 1. The van der Waals surface area contributed by atoms with Crippen LogP contribution < -0.4 is 4.74 Å². The van der Waals surface area contributed by atoms with Gasteiger partial charge in [0.1, 0.15) is 5.75 Å². The quantitative estimate of drug-likeness (QED) is 0.918. The number of ether oxygens (including phenoxy) is 1. The van der Waals surface area contributed by atoms with E-state index in [-0.39, 0.29) is 6.42 Å². The van der Waals surface area contributed by atoms with E-state index in [1.807, 2.05) is 33.8 Å². The molecule has 0 bridgehead atoms. The highest BCUT2D eigenvalue weighted by Crippen LogP contribution is 2.42. The molecule has 0 aliphatic heterocycles. The van der Waals surface area contributed by atoms with Gasteiger partial charge in [-0.2, -0.15) is 0 Å². The highest BCUT2D eigenvalue weighted by Gasteiger charge is 2.30. The summed E-state index contributed by atoms with van der Waals surface area (Å²) >= 11 is 3.51. The molecule has 0 saturated heterocycles. The van der Waals surface area contributed by atoms with Crippen molar-refractivity contribution in [3.63, 3.8) is 0 Å². The summed E-state index contributed by atoms with van der Waals surface area (Å²) in [5.41, 5.74) is 2.61. The van der Waals surface area contributed by atoms with Crippen LogP contribution in [0.5, 0.6) is 5.75 Å². The second kappa shape index (κ2) is 5.31. The summed E-state index contributed by atoms with van der Waals surface area (Å²) in [5.74, 6) is -0.0723. The van der Waals surface area contributed by atoms with Crippen molar-refractivity contribution in [3.8, 4) is 5.75 Å². The predicted octanol–water partition coefficient (Wildman–Crippen LogP) is 3.83. The number of benzene rings is 1. The first kappa shape index (κ1) is 15.0. The Hall–Kier alpha value is -1.03. The number of carbonyl (C=O) groups is 1. The van der Waals surface area contributed by atoms with Gasteiger partial charge in [-0.1, -0.05) is 19.9 Å². The maximum absolute atomic E-state index is 11.0. The number of hydrogen-bond donors (Lipinski definition) is 1. The molecule has 0 atom stereocenters. The van der Waals surface area contributed by atoms with Gasteiger partial charge in [0.2, 0.25) is 0 Å². The lowest BCUT2D eigenvalue weighted by atomic mass is 9.78. The molecule has 0 aromatic heterocycles. The van der Waals surface area contributed by atoms with Crippen LogP contribution in [0.2, 0.25) is 0 Å². The molecule has 1 aromatic carbocycles. The zero-order chi connectivity index (χ0) is 14.1. The van der Waals surface area contributed by atoms with Crippen LogP contribution in [-0.4, -0.2) is 18.2 Å². The van der Waals surface area contributed by atoms with Crippen LogP contribution in [-0.2, 0) is 10.2 Å². The zero-order valence-corrected chi connectivity index (χ0v) is 13.0. The molecular weight excluding hydrogens is 296 g/mol. The van der Waals surface area contributed by atoms with E-state index in [4.69, 9.17) is 9.84 Å². The van der Waals surface area contributed by atoms with Crippen LogP contribution in [0.4, 0.5) is 0 Å². The summed E-state index contributed by atoms with van der Waals surface area (Å²) in [7, 11) is 1.61. The molecular formula is C14H19BrO3. The second-order valence-corrected chi connectivity index (χ2v) is 5.98. The Kier molecular flexibility index (Phi) is 4.43. The van der Waals surface area contributed by atoms with Gasteiger partial charge in [-0.3, -0.25) is 4.79 Å². The number of hydrogen-bond acceptors (Lipinski definition) is 2. The van der Waals surface area contributed by atoms with Crippen molar-refractivity contribution in [2.24, 2.45) is 0 Å². The van der Waals surface area contributed by atoms with E-state index in [1.54, 1.807) is 7.11 Å². The Labute approximate surface area is 116 Å². The Morgan fingerprint density at radius 2 is 1.94 bits per heavy atom. The second-order valence-electron chi connectivity index (χ2n) is 5.19. The Morgan fingerprint density at radius 3 is 2.39 bits per heavy atom. The Bertz CT molecular complexity index is 478. The Morgan fingerprint density at radius 1 is 1.39 bits per heavy atom. The van der Waals surface area contributed by atoms with E-state index in [0.717, 1.165) is 26.9 Å². The fraction of sp³-hybridized carbons (Fsp3) is 0.500. The average Bonchev–Trinajstić information content (AvgIpc) is 2.20. The summed E-state index contributed by atoms with van der Waals surface area (Å²) in [6.07, 6.45) is 0.0691. The summed E-state index contributed by atoms with van der Waals surface area (Å²) in [5, 5.41) is 9.04. The van der Waals surface area contributed by atoms with E-state index >= 15 is 0 Å². The molecule has 3 nitrogen and oxygen atoms in total. The topological polar surface area (TPSA) is 46.5 Å². The van der Waals surface area contributed by atoms with Gasteiger partial charge in [0.25, 0.3) is 0 Å². The summed E-state index contributed by atoms with van der Waals surface area (Å²) in [6.45, 7) is 7.83. The van der Waals surface area contributed by atoms with E-state index in [0.29, 0.717) is 0 Å². The molecule has 1 N–H and O–H groups in total. The van der Waals surface area contributed by atoms with Crippen LogP contribution in [0.25, 0.3) is 0 Å². The van der Waals surface area contributed by atoms with Crippen LogP contribution in [0, 0.1) is 13.8 Å². The van der Waals surface area contributed by atoms with Crippen molar-refractivity contribution < 1.29 is 14.6 Å². The zero-order valence-electron chi connectivity index (χ0n) is 11.4. The maximum Gasteiger partial charge on any atom is 0.304 e. The number of aliphatic carboxylic acids is 1. The van der Waals surface area contributed by atoms with Gasteiger partial charge >= 0.3 is 5.97 Å². The van der Waals surface area contributed by atoms with Gasteiger partial charge < -0.3 is 9.84 Å². The highest BCUT2D eigenvalue weighted by atomic mass is 79.9. The van der Waals surface area contributed by atoms with Gasteiger partial charge in [0.15, 0.2) is 0 Å². The fourth-order valence-corrected chi connectivity index (χ4v) is 2.90. The molecule has 0 spiro atoms. The van der Waals surface area contributed by atoms with Gasteiger partial charge in [-0.15, -0.1) is 0 Å². The van der Waals surface area contributed by atoms with Crippen LogP contribution >= 0.6 is 15.9 Å². The summed E-state index contributed by atoms with van der Waals surface area (Å²) in [4.78, 5) is 11.0. The van der Waals surface area contributed by atoms with Gasteiger partial charge in [0.05, 0.1) is 18.0 Å². The smallest absolute Gasteiger partial charge is 0.304 e. The van der Waals surface area contributed by atoms with E-state index in [1.165, 1.54) is 0 Å². The first-order valence-corrected chi connectivity index (χ1v) is 6.56. The third-order valence-corrected chi connectivity index (χ3v) is 4.06. The van der Waals surface area contributed by atoms with Crippen molar-refractivity contribution in [2.75, 3.05) is 7.11 Å². The molecule has 0 aliphatic rings. The normalized spacial score (nSPS) is 11.4. The monoisotopic (exact) mass is 314 g/mol. The van der Waals surface area contributed by atoms with Gasteiger partial charge in [-0.05, 0) is 40.9 Å². The van der Waals surface area contributed by atoms with E-state index in [2.05, 4.69) is 15.9 Å². The third-order valence-electron chi connectivity index (χ3n) is 3.07. The minimum Gasteiger partial charge on any atom is -0.495 e. The standard InChI is InChI=1S/C14H19BrO3/c1-8-6-9(2)12(15)13(18-5)11(8)14(3,4)7-10(16)17/h6H,7H2,1-5H3,(H,16,17). The average molecular weight is 315 g/mol. The molecule has 1 aromatic rings. The summed E-state index contributed by atoms with van der Waals surface area (Å²) < 4.78 is 6.36. The lowest BCUT2D eigenvalue weighted by Crippen LogP contribution is -2.24.